The lowest BCUT2D eigenvalue weighted by Crippen LogP contribution is -2.36. The van der Waals surface area contributed by atoms with Crippen LogP contribution in [0.25, 0.3) is 0 Å². The van der Waals surface area contributed by atoms with E-state index < -0.39 is 0 Å². The molecule has 3 N–H and O–H groups in total. The lowest BCUT2D eigenvalue weighted by atomic mass is 9.83. The van der Waals surface area contributed by atoms with Gasteiger partial charge in [0.1, 0.15) is 5.00 Å². The van der Waals surface area contributed by atoms with E-state index in [1.54, 1.807) is 6.20 Å². The van der Waals surface area contributed by atoms with Crippen LogP contribution in [0.2, 0.25) is 0 Å². The molecule has 1 aliphatic rings. The Balaban J connectivity index is 2.01. The molecule has 0 atom stereocenters. The Morgan fingerprint density at radius 3 is 2.71 bits per heavy atom. The summed E-state index contributed by atoms with van der Waals surface area (Å²) in [5.41, 5.74) is 5.88. The highest BCUT2D eigenvalue weighted by Crippen LogP contribution is 2.32. The van der Waals surface area contributed by atoms with Crippen LogP contribution in [0.3, 0.4) is 0 Å². The van der Waals surface area contributed by atoms with Crippen molar-refractivity contribution in [3.05, 3.63) is 6.20 Å². The molecule has 0 amide bonds. The van der Waals surface area contributed by atoms with Gasteiger partial charge in [-0.1, -0.05) is 30.6 Å². The van der Waals surface area contributed by atoms with Gasteiger partial charge in [-0.3, -0.25) is 0 Å². The number of aromatic nitrogens is 1. The number of hydrogen-bond donors (Lipinski definition) is 2. The Morgan fingerprint density at radius 1 is 1.43 bits per heavy atom. The summed E-state index contributed by atoms with van der Waals surface area (Å²) in [6.45, 7) is 2.28. The van der Waals surface area contributed by atoms with Crippen molar-refractivity contribution < 1.29 is 0 Å². The molecular formula is C10H17N3S. The molecule has 0 radical (unpaired) electrons. The van der Waals surface area contributed by atoms with Crippen LogP contribution in [0.15, 0.2) is 6.20 Å². The van der Waals surface area contributed by atoms with Crippen molar-refractivity contribution in [1.82, 2.24) is 4.98 Å². The van der Waals surface area contributed by atoms with Crippen LogP contribution in [0.4, 0.5) is 10.1 Å². The predicted octanol–water partition coefficient (Wildman–Crippen LogP) is 2.86. The van der Waals surface area contributed by atoms with Gasteiger partial charge >= 0.3 is 0 Å². The van der Waals surface area contributed by atoms with Gasteiger partial charge in [-0.25, -0.2) is 4.98 Å². The number of nitrogens with one attached hydrogen (secondary N) is 1. The van der Waals surface area contributed by atoms with Crippen LogP contribution in [-0.2, 0) is 0 Å². The average molecular weight is 211 g/mol. The van der Waals surface area contributed by atoms with Gasteiger partial charge in [0.15, 0.2) is 5.13 Å². The van der Waals surface area contributed by atoms with E-state index in [9.17, 15) is 0 Å². The molecule has 1 aromatic heterocycles. The molecule has 1 saturated carbocycles. The zero-order chi connectivity index (χ0) is 10.0. The summed E-state index contributed by atoms with van der Waals surface area (Å²) in [6, 6.07) is 0. The Labute approximate surface area is 88.7 Å². The number of nitrogens with zero attached hydrogens (tertiary/aromatic N) is 1. The van der Waals surface area contributed by atoms with Crippen LogP contribution >= 0.6 is 11.3 Å². The number of thiazole rings is 1. The number of hydrogen-bond acceptors (Lipinski definition) is 4. The van der Waals surface area contributed by atoms with Crippen LogP contribution in [0, 0.1) is 0 Å². The van der Waals surface area contributed by atoms with Crippen molar-refractivity contribution in [3.8, 4) is 0 Å². The molecule has 1 heterocycles. The molecule has 0 bridgehead atoms. The van der Waals surface area contributed by atoms with Crippen molar-refractivity contribution >= 4 is 21.5 Å². The Kier molecular flexibility index (Phi) is 2.63. The van der Waals surface area contributed by atoms with Crippen LogP contribution < -0.4 is 11.1 Å². The normalized spacial score (nSPS) is 20.6. The fraction of sp³-hybridized carbons (Fsp3) is 0.700. The lowest BCUT2D eigenvalue weighted by Gasteiger charge is -2.34. The number of nitrogens with two attached hydrogens (primary N) is 1. The first-order valence-electron chi connectivity index (χ1n) is 5.17. The van der Waals surface area contributed by atoms with E-state index in [2.05, 4.69) is 17.2 Å². The third kappa shape index (κ3) is 2.18. The van der Waals surface area contributed by atoms with Crippen molar-refractivity contribution in [2.45, 2.75) is 44.6 Å². The highest BCUT2D eigenvalue weighted by atomic mass is 32.1. The fourth-order valence-corrected chi connectivity index (χ4v) is 2.79. The van der Waals surface area contributed by atoms with Gasteiger partial charge in [0.25, 0.3) is 0 Å². The monoisotopic (exact) mass is 211 g/mol. The minimum atomic E-state index is 0.239. The summed E-state index contributed by atoms with van der Waals surface area (Å²) in [6.07, 6.45) is 8.23. The molecule has 4 heteroatoms. The smallest absolute Gasteiger partial charge is 0.185 e. The third-order valence-corrected chi connectivity index (χ3v) is 3.63. The number of anilines is 2. The summed E-state index contributed by atoms with van der Waals surface area (Å²) in [5, 5.41) is 5.25. The molecule has 1 fully saturated rings. The molecule has 0 saturated heterocycles. The minimum Gasteiger partial charge on any atom is -0.389 e. The van der Waals surface area contributed by atoms with E-state index in [0.29, 0.717) is 0 Å². The summed E-state index contributed by atoms with van der Waals surface area (Å²) in [4.78, 5) is 4.24. The summed E-state index contributed by atoms with van der Waals surface area (Å²) in [7, 11) is 0. The number of rotatable bonds is 2. The molecule has 78 valence electrons. The van der Waals surface area contributed by atoms with E-state index in [1.165, 1.54) is 43.4 Å². The summed E-state index contributed by atoms with van der Waals surface area (Å²) >= 11 is 1.54. The molecule has 0 spiro atoms. The lowest BCUT2D eigenvalue weighted by molar-refractivity contribution is 0.349. The zero-order valence-corrected chi connectivity index (χ0v) is 9.36. The van der Waals surface area contributed by atoms with E-state index in [1.807, 2.05) is 0 Å². The first-order chi connectivity index (χ1) is 6.68. The van der Waals surface area contributed by atoms with E-state index in [4.69, 9.17) is 5.73 Å². The highest BCUT2D eigenvalue weighted by molar-refractivity contribution is 7.19. The zero-order valence-electron chi connectivity index (χ0n) is 8.55. The third-order valence-electron chi connectivity index (χ3n) is 2.89. The van der Waals surface area contributed by atoms with Gasteiger partial charge in [0.05, 0.1) is 6.20 Å². The molecule has 0 aromatic carbocycles. The van der Waals surface area contributed by atoms with Crippen molar-refractivity contribution in [2.75, 3.05) is 11.1 Å². The van der Waals surface area contributed by atoms with Gasteiger partial charge in [-0.15, -0.1) is 0 Å². The van der Waals surface area contributed by atoms with Gasteiger partial charge in [-0.05, 0) is 19.8 Å². The number of nitrogen functional groups attached to an aromatic ring is 1. The van der Waals surface area contributed by atoms with Gasteiger partial charge in [0, 0.05) is 5.54 Å². The SMILES string of the molecule is CC1(Nc2ncc(N)s2)CCCCC1. The van der Waals surface area contributed by atoms with Gasteiger partial charge in [-0.2, -0.15) is 0 Å². The van der Waals surface area contributed by atoms with Gasteiger partial charge < -0.3 is 11.1 Å². The maximum Gasteiger partial charge on any atom is 0.185 e. The topological polar surface area (TPSA) is 50.9 Å². The Hall–Kier alpha value is -0.770. The minimum absolute atomic E-state index is 0.239. The second kappa shape index (κ2) is 3.77. The fourth-order valence-electron chi connectivity index (χ4n) is 2.06. The van der Waals surface area contributed by atoms with Crippen molar-refractivity contribution in [2.24, 2.45) is 0 Å². The maximum absolute atomic E-state index is 5.64. The first kappa shape index (κ1) is 9.77. The van der Waals surface area contributed by atoms with Crippen molar-refractivity contribution in [3.63, 3.8) is 0 Å². The largest absolute Gasteiger partial charge is 0.389 e. The molecular weight excluding hydrogens is 194 g/mol. The first-order valence-corrected chi connectivity index (χ1v) is 5.99. The van der Waals surface area contributed by atoms with Crippen molar-refractivity contribution in [1.29, 1.82) is 0 Å². The average Bonchev–Trinajstić information content (AvgIpc) is 2.51. The summed E-state index contributed by atoms with van der Waals surface area (Å²) in [5.74, 6) is 0. The second-order valence-electron chi connectivity index (χ2n) is 4.31. The molecule has 14 heavy (non-hydrogen) atoms. The molecule has 1 aromatic rings. The molecule has 3 nitrogen and oxygen atoms in total. The quantitative estimate of drug-likeness (QED) is 0.791. The molecule has 2 rings (SSSR count). The van der Waals surface area contributed by atoms with E-state index in [0.717, 1.165) is 10.1 Å². The molecule has 0 unspecified atom stereocenters. The van der Waals surface area contributed by atoms with E-state index in [-0.39, 0.29) is 5.54 Å². The van der Waals surface area contributed by atoms with Crippen LogP contribution in [-0.4, -0.2) is 10.5 Å². The van der Waals surface area contributed by atoms with Crippen LogP contribution in [0.5, 0.6) is 0 Å². The second-order valence-corrected chi connectivity index (χ2v) is 5.38. The Bertz CT molecular complexity index is 302. The summed E-state index contributed by atoms with van der Waals surface area (Å²) < 4.78 is 0. The molecule has 0 aliphatic heterocycles. The van der Waals surface area contributed by atoms with Crippen LogP contribution in [0.1, 0.15) is 39.0 Å². The maximum atomic E-state index is 5.64. The van der Waals surface area contributed by atoms with E-state index >= 15 is 0 Å². The molecule has 1 aliphatic carbocycles. The Morgan fingerprint density at radius 2 is 2.14 bits per heavy atom. The predicted molar refractivity (Wildman–Crippen MR) is 61.6 cm³/mol. The highest BCUT2D eigenvalue weighted by Gasteiger charge is 2.27. The van der Waals surface area contributed by atoms with Gasteiger partial charge in [0.2, 0.25) is 0 Å². The standard InChI is InChI=1S/C10H17N3S/c1-10(5-3-2-4-6-10)13-9-12-7-8(11)14-9/h7H,2-6,11H2,1H3,(H,12,13).